The first-order valence-electron chi connectivity index (χ1n) is 4.43. The summed E-state index contributed by atoms with van der Waals surface area (Å²) in [5.74, 6) is -0.192. The van der Waals surface area contributed by atoms with Gasteiger partial charge < -0.3 is 11.1 Å². The van der Waals surface area contributed by atoms with Gasteiger partial charge in [0.25, 0.3) is 0 Å². The van der Waals surface area contributed by atoms with Gasteiger partial charge in [-0.2, -0.15) is 0 Å². The Hall–Kier alpha value is -1.49. The Kier molecular flexibility index (Phi) is 3.53. The van der Waals surface area contributed by atoms with Crippen molar-refractivity contribution in [3.8, 4) is 0 Å². The molecule has 0 aromatic carbocycles. The molecule has 1 amide bonds. The van der Waals surface area contributed by atoms with Crippen molar-refractivity contribution in [2.75, 3.05) is 0 Å². The summed E-state index contributed by atoms with van der Waals surface area (Å²) in [4.78, 5) is 19.2. The summed E-state index contributed by atoms with van der Waals surface area (Å²) in [6.07, 6.45) is 4.79. The Labute approximate surface area is 82.7 Å². The van der Waals surface area contributed by atoms with E-state index in [4.69, 9.17) is 5.73 Å². The van der Waals surface area contributed by atoms with Crippen LogP contribution in [-0.2, 0) is 4.79 Å². The van der Waals surface area contributed by atoms with Gasteiger partial charge in [-0.15, -0.1) is 0 Å². The van der Waals surface area contributed by atoms with E-state index in [1.54, 1.807) is 25.5 Å². The molecule has 1 heterocycles. The normalized spacial score (nSPS) is 14.5. The number of carbonyl (C=O) groups excluding carboxylic acids is 1. The van der Waals surface area contributed by atoms with Crippen molar-refractivity contribution >= 4 is 5.91 Å². The average molecular weight is 194 g/mol. The zero-order chi connectivity index (χ0) is 10.6. The highest BCUT2D eigenvalue weighted by Gasteiger charge is 2.13. The van der Waals surface area contributed by atoms with Crippen LogP contribution in [0.3, 0.4) is 0 Å². The molecule has 5 nitrogen and oxygen atoms in total. The van der Waals surface area contributed by atoms with Gasteiger partial charge in [0, 0.05) is 12.4 Å². The van der Waals surface area contributed by atoms with Crippen LogP contribution in [0.2, 0.25) is 0 Å². The van der Waals surface area contributed by atoms with E-state index in [1.807, 2.05) is 6.92 Å². The Morgan fingerprint density at radius 2 is 2.21 bits per heavy atom. The van der Waals surface area contributed by atoms with Gasteiger partial charge in [-0.3, -0.25) is 14.8 Å². The maximum atomic E-state index is 11.2. The minimum absolute atomic E-state index is 0.165. The van der Waals surface area contributed by atoms with Crippen LogP contribution in [0.5, 0.6) is 0 Å². The molecule has 14 heavy (non-hydrogen) atoms. The fraction of sp³-hybridized carbons (Fsp3) is 0.444. The number of hydrogen-bond acceptors (Lipinski definition) is 4. The summed E-state index contributed by atoms with van der Waals surface area (Å²) in [6, 6.07) is -0.670. The average Bonchev–Trinajstić information content (AvgIpc) is 2.19. The topological polar surface area (TPSA) is 80.9 Å². The van der Waals surface area contributed by atoms with Gasteiger partial charge in [0.05, 0.1) is 24.0 Å². The van der Waals surface area contributed by atoms with Crippen molar-refractivity contribution in [1.29, 1.82) is 0 Å². The standard InChI is InChI=1S/C9H14N4O/c1-6(10)9(14)13-7(2)8-5-11-3-4-12-8/h3-7H,10H2,1-2H3,(H,13,14)/t6-,7+/m0/s1. The molecular weight excluding hydrogens is 180 g/mol. The molecule has 3 N–H and O–H groups in total. The van der Waals surface area contributed by atoms with Crippen LogP contribution < -0.4 is 11.1 Å². The summed E-state index contributed by atoms with van der Waals surface area (Å²) in [7, 11) is 0. The molecule has 0 radical (unpaired) electrons. The molecule has 1 aromatic rings. The number of carbonyl (C=O) groups is 1. The summed E-state index contributed by atoms with van der Waals surface area (Å²) in [6.45, 7) is 3.48. The van der Waals surface area contributed by atoms with Crippen molar-refractivity contribution in [1.82, 2.24) is 15.3 Å². The maximum absolute atomic E-state index is 11.2. The fourth-order valence-electron chi connectivity index (χ4n) is 0.953. The third-order valence-electron chi connectivity index (χ3n) is 1.80. The Balaban J connectivity index is 2.59. The molecule has 0 aliphatic heterocycles. The summed E-state index contributed by atoms with van der Waals surface area (Å²) in [5.41, 5.74) is 6.14. The lowest BCUT2D eigenvalue weighted by molar-refractivity contribution is -0.122. The first-order chi connectivity index (χ1) is 6.61. The van der Waals surface area contributed by atoms with Gasteiger partial charge in [0.15, 0.2) is 0 Å². The van der Waals surface area contributed by atoms with Gasteiger partial charge in [-0.05, 0) is 13.8 Å². The molecule has 0 fully saturated rings. The lowest BCUT2D eigenvalue weighted by atomic mass is 10.2. The van der Waals surface area contributed by atoms with Gasteiger partial charge in [-0.25, -0.2) is 0 Å². The van der Waals surface area contributed by atoms with Gasteiger partial charge in [-0.1, -0.05) is 0 Å². The van der Waals surface area contributed by atoms with E-state index in [9.17, 15) is 4.79 Å². The minimum Gasteiger partial charge on any atom is -0.347 e. The van der Waals surface area contributed by atoms with Crippen LogP contribution in [0.15, 0.2) is 18.6 Å². The molecule has 0 aliphatic carbocycles. The van der Waals surface area contributed by atoms with E-state index in [-0.39, 0.29) is 11.9 Å². The third kappa shape index (κ3) is 2.77. The van der Waals surface area contributed by atoms with Crippen LogP contribution in [0, 0.1) is 0 Å². The molecule has 0 saturated heterocycles. The number of nitrogens with two attached hydrogens (primary N) is 1. The van der Waals surface area contributed by atoms with Crippen molar-refractivity contribution in [2.24, 2.45) is 5.73 Å². The largest absolute Gasteiger partial charge is 0.347 e. The molecular formula is C9H14N4O. The molecule has 0 bridgehead atoms. The number of aromatic nitrogens is 2. The number of nitrogens with one attached hydrogen (secondary N) is 1. The zero-order valence-corrected chi connectivity index (χ0v) is 8.27. The van der Waals surface area contributed by atoms with E-state index in [0.29, 0.717) is 0 Å². The van der Waals surface area contributed by atoms with Crippen molar-refractivity contribution in [3.05, 3.63) is 24.3 Å². The summed E-state index contributed by atoms with van der Waals surface area (Å²) < 4.78 is 0. The van der Waals surface area contributed by atoms with Crippen LogP contribution in [0.1, 0.15) is 25.6 Å². The molecule has 0 spiro atoms. The predicted molar refractivity (Wildman–Crippen MR) is 52.2 cm³/mol. The monoisotopic (exact) mass is 194 g/mol. The Bertz CT molecular complexity index is 299. The first-order valence-corrected chi connectivity index (χ1v) is 4.43. The van der Waals surface area contributed by atoms with Crippen LogP contribution in [0.25, 0.3) is 0 Å². The number of nitrogens with zero attached hydrogens (tertiary/aromatic N) is 2. The summed E-state index contributed by atoms with van der Waals surface area (Å²) in [5, 5.41) is 2.73. The highest BCUT2D eigenvalue weighted by Crippen LogP contribution is 2.05. The fourth-order valence-corrected chi connectivity index (χ4v) is 0.953. The molecule has 0 aliphatic rings. The second-order valence-corrected chi connectivity index (χ2v) is 3.15. The lowest BCUT2D eigenvalue weighted by Gasteiger charge is -2.14. The van der Waals surface area contributed by atoms with E-state index in [0.717, 1.165) is 5.69 Å². The number of rotatable bonds is 3. The zero-order valence-electron chi connectivity index (χ0n) is 8.27. The van der Waals surface area contributed by atoms with E-state index < -0.39 is 6.04 Å². The number of hydrogen-bond donors (Lipinski definition) is 2. The van der Waals surface area contributed by atoms with Crippen LogP contribution in [-0.4, -0.2) is 21.9 Å². The number of amides is 1. The highest BCUT2D eigenvalue weighted by atomic mass is 16.2. The second-order valence-electron chi connectivity index (χ2n) is 3.15. The highest BCUT2D eigenvalue weighted by molar-refractivity contribution is 5.81. The van der Waals surface area contributed by atoms with Crippen LogP contribution in [0.4, 0.5) is 0 Å². The molecule has 2 atom stereocenters. The van der Waals surface area contributed by atoms with Crippen molar-refractivity contribution in [3.63, 3.8) is 0 Å². The Morgan fingerprint density at radius 3 is 2.71 bits per heavy atom. The lowest BCUT2D eigenvalue weighted by Crippen LogP contribution is -2.39. The molecule has 0 unspecified atom stereocenters. The van der Waals surface area contributed by atoms with Gasteiger partial charge in [0.1, 0.15) is 0 Å². The van der Waals surface area contributed by atoms with Gasteiger partial charge in [0.2, 0.25) is 5.91 Å². The molecule has 1 aromatic heterocycles. The molecule has 1 rings (SSSR count). The van der Waals surface area contributed by atoms with Gasteiger partial charge >= 0.3 is 0 Å². The Morgan fingerprint density at radius 1 is 1.50 bits per heavy atom. The smallest absolute Gasteiger partial charge is 0.237 e. The van der Waals surface area contributed by atoms with E-state index in [1.165, 1.54) is 0 Å². The quantitative estimate of drug-likeness (QED) is 0.709. The third-order valence-corrected chi connectivity index (χ3v) is 1.80. The molecule has 0 saturated carbocycles. The van der Waals surface area contributed by atoms with Crippen molar-refractivity contribution in [2.45, 2.75) is 25.9 Å². The van der Waals surface area contributed by atoms with Crippen molar-refractivity contribution < 1.29 is 4.79 Å². The predicted octanol–water partition coefficient (Wildman–Crippen LogP) is 0.001000. The van der Waals surface area contributed by atoms with E-state index >= 15 is 0 Å². The molecule has 5 heteroatoms. The molecule has 76 valence electrons. The van der Waals surface area contributed by atoms with Crippen LogP contribution >= 0.6 is 0 Å². The minimum atomic E-state index is -0.505. The second kappa shape index (κ2) is 4.66. The first kappa shape index (κ1) is 10.6. The SMILES string of the molecule is C[C@H](N)C(=O)N[C@H](C)c1cnccn1. The summed E-state index contributed by atoms with van der Waals surface area (Å²) >= 11 is 0. The maximum Gasteiger partial charge on any atom is 0.237 e. The van der Waals surface area contributed by atoms with E-state index in [2.05, 4.69) is 15.3 Å².